The zero-order valence-corrected chi connectivity index (χ0v) is 18.0. The van der Waals surface area contributed by atoms with Crippen molar-refractivity contribution in [2.45, 2.75) is 32.3 Å². The first-order valence-corrected chi connectivity index (χ1v) is 11.1. The fourth-order valence-corrected chi connectivity index (χ4v) is 4.48. The van der Waals surface area contributed by atoms with Crippen molar-refractivity contribution in [3.63, 3.8) is 0 Å². The monoisotopic (exact) mass is 424 g/mol. The molecule has 4 aromatic rings. The van der Waals surface area contributed by atoms with Gasteiger partial charge in [0.05, 0.1) is 11.4 Å². The number of hydrogen-bond donors (Lipinski definition) is 1. The van der Waals surface area contributed by atoms with Gasteiger partial charge < -0.3 is 5.32 Å². The minimum Gasteiger partial charge on any atom is -0.301 e. The van der Waals surface area contributed by atoms with Crippen LogP contribution >= 0.6 is 23.1 Å². The van der Waals surface area contributed by atoms with Gasteiger partial charge in [-0.05, 0) is 31.9 Å². The number of thiazole rings is 1. The van der Waals surface area contributed by atoms with Gasteiger partial charge in [0.15, 0.2) is 10.3 Å². The van der Waals surface area contributed by atoms with Crippen molar-refractivity contribution in [3.05, 3.63) is 52.7 Å². The van der Waals surface area contributed by atoms with Crippen molar-refractivity contribution >= 4 is 39.9 Å². The molecule has 148 valence electrons. The van der Waals surface area contributed by atoms with Crippen LogP contribution in [0, 0.1) is 13.8 Å². The number of aryl methyl sites for hydroxylation is 3. The molecular weight excluding hydrogens is 404 g/mol. The van der Waals surface area contributed by atoms with Crippen molar-refractivity contribution in [2.75, 3.05) is 11.1 Å². The number of thioether (sulfide) groups is 1. The minimum absolute atomic E-state index is 0.133. The van der Waals surface area contributed by atoms with Gasteiger partial charge in [-0.3, -0.25) is 9.20 Å². The van der Waals surface area contributed by atoms with Gasteiger partial charge in [0.2, 0.25) is 5.91 Å². The van der Waals surface area contributed by atoms with E-state index in [1.807, 2.05) is 29.7 Å². The number of rotatable bonds is 6. The number of nitrogens with zero attached hydrogens (tertiary/aromatic N) is 5. The molecule has 9 heteroatoms. The Hall–Kier alpha value is -2.78. The van der Waals surface area contributed by atoms with Gasteiger partial charge in [-0.25, -0.2) is 9.97 Å². The summed E-state index contributed by atoms with van der Waals surface area (Å²) in [6.07, 6.45) is 1.01. The predicted octanol–water partition coefficient (Wildman–Crippen LogP) is 4.16. The van der Waals surface area contributed by atoms with E-state index in [0.717, 1.165) is 29.1 Å². The molecule has 0 atom stereocenters. The molecule has 3 aromatic heterocycles. The summed E-state index contributed by atoms with van der Waals surface area (Å²) in [4.78, 5) is 21.3. The highest BCUT2D eigenvalue weighted by Gasteiger charge is 2.13. The third-order valence-corrected chi connectivity index (χ3v) is 6.09. The molecule has 0 radical (unpaired) electrons. The van der Waals surface area contributed by atoms with Crippen LogP contribution in [0.2, 0.25) is 0 Å². The summed E-state index contributed by atoms with van der Waals surface area (Å²) in [5, 5.41) is 14.3. The molecule has 3 heterocycles. The molecule has 29 heavy (non-hydrogen) atoms. The Balaban J connectivity index is 1.40. The second kappa shape index (κ2) is 8.30. The smallest absolute Gasteiger partial charge is 0.256 e. The van der Waals surface area contributed by atoms with Gasteiger partial charge in [-0.1, -0.05) is 43.0 Å². The molecule has 0 aliphatic rings. The van der Waals surface area contributed by atoms with E-state index >= 15 is 0 Å². The van der Waals surface area contributed by atoms with Gasteiger partial charge in [-0.2, -0.15) is 0 Å². The first-order chi connectivity index (χ1) is 14.0. The molecule has 0 saturated carbocycles. The number of carbonyl (C=O) groups is 1. The average molecular weight is 425 g/mol. The van der Waals surface area contributed by atoms with Crippen molar-refractivity contribution in [3.8, 4) is 11.3 Å². The van der Waals surface area contributed by atoms with E-state index in [2.05, 4.69) is 56.7 Å². The number of carbonyl (C=O) groups excluding carboxylic acids is 1. The molecule has 0 unspecified atom stereocenters. The molecule has 0 saturated heterocycles. The fourth-order valence-electron chi connectivity index (χ4n) is 2.95. The lowest BCUT2D eigenvalue weighted by atomic mass is 10.1. The van der Waals surface area contributed by atoms with Crippen LogP contribution in [0.4, 0.5) is 5.13 Å². The van der Waals surface area contributed by atoms with Crippen LogP contribution < -0.4 is 5.32 Å². The van der Waals surface area contributed by atoms with E-state index in [1.54, 1.807) is 0 Å². The summed E-state index contributed by atoms with van der Waals surface area (Å²) < 4.78 is 1.85. The second-order valence-corrected chi connectivity index (χ2v) is 8.38. The number of nitrogens with one attached hydrogen (secondary N) is 1. The molecule has 1 aromatic carbocycles. The van der Waals surface area contributed by atoms with Crippen molar-refractivity contribution in [1.29, 1.82) is 0 Å². The number of amides is 1. The van der Waals surface area contributed by atoms with Gasteiger partial charge in [0, 0.05) is 22.3 Å². The zero-order chi connectivity index (χ0) is 20.4. The van der Waals surface area contributed by atoms with Gasteiger partial charge in [0.1, 0.15) is 0 Å². The molecule has 4 rings (SSSR count). The Labute approximate surface area is 176 Å². The maximum Gasteiger partial charge on any atom is 0.256 e. The van der Waals surface area contributed by atoms with Crippen molar-refractivity contribution in [1.82, 2.24) is 24.6 Å². The summed E-state index contributed by atoms with van der Waals surface area (Å²) in [6.45, 7) is 6.02. The highest BCUT2D eigenvalue weighted by molar-refractivity contribution is 7.99. The van der Waals surface area contributed by atoms with Crippen LogP contribution in [0.1, 0.15) is 23.9 Å². The summed E-state index contributed by atoms with van der Waals surface area (Å²) in [5.41, 5.74) is 5.07. The third-order valence-electron chi connectivity index (χ3n) is 4.40. The van der Waals surface area contributed by atoms with Crippen LogP contribution in [0.5, 0.6) is 0 Å². The molecule has 1 N–H and O–H groups in total. The molecule has 0 aliphatic carbocycles. The highest BCUT2D eigenvalue weighted by atomic mass is 32.2. The Morgan fingerprint density at radius 3 is 2.72 bits per heavy atom. The van der Waals surface area contributed by atoms with E-state index < -0.39 is 0 Å². The van der Waals surface area contributed by atoms with E-state index in [4.69, 9.17) is 0 Å². The molecule has 0 spiro atoms. The molecule has 0 fully saturated rings. The number of benzene rings is 1. The second-order valence-electron chi connectivity index (χ2n) is 6.58. The maximum absolute atomic E-state index is 12.4. The largest absolute Gasteiger partial charge is 0.301 e. The lowest BCUT2D eigenvalue weighted by Crippen LogP contribution is -2.14. The lowest BCUT2D eigenvalue weighted by molar-refractivity contribution is -0.113. The predicted molar refractivity (Wildman–Crippen MR) is 117 cm³/mol. The lowest BCUT2D eigenvalue weighted by Gasteiger charge is -2.04. The van der Waals surface area contributed by atoms with Gasteiger partial charge in [0.25, 0.3) is 5.78 Å². The average Bonchev–Trinajstić information content (AvgIpc) is 3.33. The topological polar surface area (TPSA) is 85.1 Å². The first kappa shape index (κ1) is 19.5. The van der Waals surface area contributed by atoms with Crippen LogP contribution in [0.25, 0.3) is 17.0 Å². The SMILES string of the molecule is CCc1ccc(-c2csc(NC(=O)CSc3nnc4nc(C)cc(C)n34)n2)cc1. The number of aromatic nitrogens is 5. The summed E-state index contributed by atoms with van der Waals surface area (Å²) >= 11 is 2.74. The Bertz CT molecular complexity index is 1170. The molecule has 1 amide bonds. The van der Waals surface area contributed by atoms with Crippen LogP contribution in [0.15, 0.2) is 40.9 Å². The molecular formula is C20H20N6OS2. The molecule has 7 nitrogen and oxygen atoms in total. The summed E-state index contributed by atoms with van der Waals surface area (Å²) in [6, 6.07) is 10.3. The number of hydrogen-bond acceptors (Lipinski definition) is 7. The van der Waals surface area contributed by atoms with Gasteiger partial charge in [-0.15, -0.1) is 21.5 Å². The van der Waals surface area contributed by atoms with Crippen LogP contribution in [-0.4, -0.2) is 36.2 Å². The Kier molecular flexibility index (Phi) is 5.59. The fraction of sp³-hybridized carbons (Fsp3) is 0.250. The van der Waals surface area contributed by atoms with Crippen LogP contribution in [0.3, 0.4) is 0 Å². The summed E-state index contributed by atoms with van der Waals surface area (Å²) in [5.74, 6) is 0.629. The molecule has 0 bridgehead atoms. The van der Waals surface area contributed by atoms with E-state index in [1.165, 1.54) is 28.7 Å². The molecule has 0 aliphatic heterocycles. The van der Waals surface area contributed by atoms with Crippen molar-refractivity contribution in [2.24, 2.45) is 0 Å². The standard InChI is InChI=1S/C20H20N6OS2/c1-4-14-5-7-15(8-6-14)16-10-28-19(22-16)23-17(27)11-29-20-25-24-18-21-12(2)9-13(3)26(18)20/h5-10H,4,11H2,1-3H3,(H,22,23,27). The van der Waals surface area contributed by atoms with Gasteiger partial charge >= 0.3 is 0 Å². The number of fused-ring (bicyclic) bond motifs is 1. The normalized spacial score (nSPS) is 11.1. The van der Waals surface area contributed by atoms with E-state index in [0.29, 0.717) is 16.1 Å². The first-order valence-electron chi connectivity index (χ1n) is 9.20. The van der Waals surface area contributed by atoms with Crippen LogP contribution in [-0.2, 0) is 11.2 Å². The zero-order valence-electron chi connectivity index (χ0n) is 16.3. The highest BCUT2D eigenvalue weighted by Crippen LogP contribution is 2.26. The van der Waals surface area contributed by atoms with Crippen molar-refractivity contribution < 1.29 is 4.79 Å². The third kappa shape index (κ3) is 4.30. The number of anilines is 1. The van der Waals surface area contributed by atoms with E-state index in [-0.39, 0.29) is 11.7 Å². The Morgan fingerprint density at radius 1 is 1.17 bits per heavy atom. The summed E-state index contributed by atoms with van der Waals surface area (Å²) in [7, 11) is 0. The maximum atomic E-state index is 12.4. The quantitative estimate of drug-likeness (QED) is 0.468. The Morgan fingerprint density at radius 2 is 1.97 bits per heavy atom. The van der Waals surface area contributed by atoms with E-state index in [9.17, 15) is 4.79 Å². The minimum atomic E-state index is -0.133.